The highest BCUT2D eigenvalue weighted by atomic mass is 19.1. The van der Waals surface area contributed by atoms with Crippen LogP contribution in [0.5, 0.6) is 11.5 Å². The van der Waals surface area contributed by atoms with Crippen molar-refractivity contribution >= 4 is 18.1 Å². The minimum absolute atomic E-state index is 0.0552. The maximum atomic E-state index is 13.4. The highest BCUT2D eigenvalue weighted by Gasteiger charge is 2.38. The van der Waals surface area contributed by atoms with Gasteiger partial charge in [-0.05, 0) is 37.1 Å². The number of fused-ring (bicyclic) bond motifs is 1. The number of rotatable bonds is 4. The summed E-state index contributed by atoms with van der Waals surface area (Å²) in [6.07, 6.45) is 3.79. The molecule has 0 bridgehead atoms. The molecule has 176 valence electrons. The highest BCUT2D eigenvalue weighted by molar-refractivity contribution is 5.78. The number of hydrazine groups is 2. The van der Waals surface area contributed by atoms with Crippen LogP contribution in [0, 0.1) is 11.6 Å². The second-order valence-corrected chi connectivity index (χ2v) is 8.15. The van der Waals surface area contributed by atoms with E-state index in [2.05, 4.69) is 10.4 Å². The number of ether oxygens (including phenoxy) is 1. The number of piperidine rings is 1. The van der Waals surface area contributed by atoms with Crippen molar-refractivity contribution in [2.75, 3.05) is 13.1 Å². The summed E-state index contributed by atoms with van der Waals surface area (Å²) in [5.74, 6) is 5.21. The molecule has 1 amide bonds. The lowest BCUT2D eigenvalue weighted by atomic mass is 10.0. The molecule has 0 unspecified atom stereocenters. The predicted octanol–water partition coefficient (Wildman–Crippen LogP) is 3.45. The van der Waals surface area contributed by atoms with E-state index >= 15 is 0 Å². The maximum absolute atomic E-state index is 13.4. The molecule has 2 aromatic carbocycles. The molecule has 34 heavy (non-hydrogen) atoms. The van der Waals surface area contributed by atoms with Gasteiger partial charge in [0.25, 0.3) is 0 Å². The third-order valence-corrected chi connectivity index (χ3v) is 5.86. The molecular formula is C23H22F2N6O3. The minimum Gasteiger partial charge on any atom is -0.465 e. The van der Waals surface area contributed by atoms with E-state index in [1.54, 1.807) is 30.5 Å². The van der Waals surface area contributed by atoms with E-state index in [4.69, 9.17) is 10.6 Å². The lowest BCUT2D eigenvalue weighted by Crippen LogP contribution is -2.51. The summed E-state index contributed by atoms with van der Waals surface area (Å²) in [5, 5.41) is 12.7. The van der Waals surface area contributed by atoms with Gasteiger partial charge in [-0.1, -0.05) is 0 Å². The van der Waals surface area contributed by atoms with Gasteiger partial charge in [0.15, 0.2) is 0 Å². The van der Waals surface area contributed by atoms with E-state index in [0.29, 0.717) is 24.5 Å². The van der Waals surface area contributed by atoms with Gasteiger partial charge in [0.2, 0.25) is 0 Å². The van der Waals surface area contributed by atoms with Gasteiger partial charge in [0.1, 0.15) is 40.9 Å². The molecule has 3 aliphatic rings. The fraction of sp³-hybridized carbons (Fsp3) is 0.217. The van der Waals surface area contributed by atoms with Crippen molar-refractivity contribution in [3.63, 3.8) is 0 Å². The average Bonchev–Trinajstić information content (AvgIpc) is 3.20. The van der Waals surface area contributed by atoms with Crippen LogP contribution in [0.25, 0.3) is 5.70 Å². The maximum Gasteiger partial charge on any atom is 0.407 e. The molecule has 0 saturated carbocycles. The zero-order chi connectivity index (χ0) is 23.8. The number of aliphatic imine (C=N–C) groups is 1. The van der Waals surface area contributed by atoms with Crippen LogP contribution in [0.4, 0.5) is 13.6 Å². The SMILES string of the molecule is NN1C=NC=C2C1=C(c1ccc(Oc3cc(F)cc(F)c3)cc1)NN2[C@@H]1CCCN(C(=O)O)C1. The molecule has 0 aromatic heterocycles. The Morgan fingerprint density at radius 1 is 1.15 bits per heavy atom. The van der Waals surface area contributed by atoms with Gasteiger partial charge in [0, 0.05) is 36.9 Å². The number of benzene rings is 2. The first-order valence-electron chi connectivity index (χ1n) is 10.7. The topological polar surface area (TPSA) is 107 Å². The number of halogens is 2. The van der Waals surface area contributed by atoms with E-state index in [0.717, 1.165) is 48.0 Å². The minimum atomic E-state index is -0.942. The van der Waals surface area contributed by atoms with Crippen molar-refractivity contribution in [3.05, 3.63) is 77.3 Å². The summed E-state index contributed by atoms with van der Waals surface area (Å²) in [6, 6.07) is 9.85. The number of carbonyl (C=O) groups is 1. The molecule has 0 aliphatic carbocycles. The molecular weight excluding hydrogens is 446 g/mol. The van der Waals surface area contributed by atoms with E-state index in [1.165, 1.54) is 16.2 Å². The van der Waals surface area contributed by atoms with Crippen LogP contribution in [0.1, 0.15) is 18.4 Å². The second-order valence-electron chi connectivity index (χ2n) is 8.15. The number of carboxylic acid groups (broad SMARTS) is 1. The van der Waals surface area contributed by atoms with Gasteiger partial charge in [-0.25, -0.2) is 24.4 Å². The molecule has 1 saturated heterocycles. The Morgan fingerprint density at radius 2 is 1.88 bits per heavy atom. The molecule has 5 rings (SSSR count). The van der Waals surface area contributed by atoms with Crippen LogP contribution in [0.2, 0.25) is 0 Å². The first kappa shape index (κ1) is 21.7. The Kier molecular flexibility index (Phi) is 5.54. The monoisotopic (exact) mass is 468 g/mol. The van der Waals surface area contributed by atoms with E-state index in [1.807, 2.05) is 5.01 Å². The first-order chi connectivity index (χ1) is 16.4. The van der Waals surface area contributed by atoms with Crippen molar-refractivity contribution in [3.8, 4) is 11.5 Å². The van der Waals surface area contributed by atoms with Gasteiger partial charge in [-0.15, -0.1) is 0 Å². The fourth-order valence-corrected chi connectivity index (χ4v) is 4.34. The van der Waals surface area contributed by atoms with E-state index in [9.17, 15) is 18.7 Å². The lowest BCUT2D eigenvalue weighted by Gasteiger charge is -2.38. The largest absolute Gasteiger partial charge is 0.465 e. The average molecular weight is 468 g/mol. The number of nitrogens with two attached hydrogens (primary N) is 1. The molecule has 1 fully saturated rings. The third-order valence-electron chi connectivity index (χ3n) is 5.86. The first-order valence-corrected chi connectivity index (χ1v) is 10.7. The molecule has 3 heterocycles. The molecule has 0 radical (unpaired) electrons. The summed E-state index contributed by atoms with van der Waals surface area (Å²) in [6.45, 7) is 0.856. The summed E-state index contributed by atoms with van der Waals surface area (Å²) in [5.41, 5.74) is 6.33. The Morgan fingerprint density at radius 3 is 2.59 bits per heavy atom. The summed E-state index contributed by atoms with van der Waals surface area (Å²) >= 11 is 0. The van der Waals surface area contributed by atoms with Crippen molar-refractivity contribution in [1.29, 1.82) is 0 Å². The quantitative estimate of drug-likeness (QED) is 0.590. The predicted molar refractivity (Wildman–Crippen MR) is 120 cm³/mol. The van der Waals surface area contributed by atoms with Crippen LogP contribution in [0.3, 0.4) is 0 Å². The van der Waals surface area contributed by atoms with Crippen LogP contribution >= 0.6 is 0 Å². The molecule has 1 atom stereocenters. The zero-order valence-corrected chi connectivity index (χ0v) is 18.0. The number of nitrogens with zero attached hydrogens (tertiary/aromatic N) is 4. The Balaban J connectivity index is 1.40. The molecule has 0 spiro atoms. The Labute approximate surface area is 194 Å². The van der Waals surface area contributed by atoms with Crippen LogP contribution in [-0.4, -0.2) is 51.6 Å². The highest BCUT2D eigenvalue weighted by Crippen LogP contribution is 2.36. The van der Waals surface area contributed by atoms with Gasteiger partial charge >= 0.3 is 6.09 Å². The van der Waals surface area contributed by atoms with E-state index < -0.39 is 17.7 Å². The number of hydrogen-bond acceptors (Lipinski definition) is 7. The van der Waals surface area contributed by atoms with E-state index in [-0.39, 0.29) is 11.8 Å². The van der Waals surface area contributed by atoms with Gasteiger partial charge in [0.05, 0.1) is 17.9 Å². The molecule has 3 aliphatic heterocycles. The fourth-order valence-electron chi connectivity index (χ4n) is 4.34. The smallest absolute Gasteiger partial charge is 0.407 e. The van der Waals surface area contributed by atoms with Gasteiger partial charge in [-0.3, -0.25) is 15.4 Å². The normalized spacial score (nSPS) is 19.7. The van der Waals surface area contributed by atoms with Crippen LogP contribution in [-0.2, 0) is 0 Å². The summed E-state index contributed by atoms with van der Waals surface area (Å²) in [4.78, 5) is 17.1. The van der Waals surface area contributed by atoms with Crippen molar-refractivity contribution in [2.45, 2.75) is 18.9 Å². The lowest BCUT2D eigenvalue weighted by molar-refractivity contribution is 0.0925. The molecule has 11 heteroatoms. The van der Waals surface area contributed by atoms with Crippen LogP contribution < -0.4 is 16.0 Å². The van der Waals surface area contributed by atoms with Gasteiger partial charge in [-0.2, -0.15) is 0 Å². The Hall–Kier alpha value is -4.12. The second kappa shape index (κ2) is 8.67. The number of nitrogens with one attached hydrogen (secondary N) is 1. The molecule has 2 aromatic rings. The zero-order valence-electron chi connectivity index (χ0n) is 18.0. The van der Waals surface area contributed by atoms with Gasteiger partial charge < -0.3 is 14.7 Å². The summed E-state index contributed by atoms with van der Waals surface area (Å²) in [7, 11) is 0. The number of hydrogen-bond donors (Lipinski definition) is 3. The van der Waals surface area contributed by atoms with Crippen molar-refractivity contribution in [1.82, 2.24) is 20.3 Å². The Bertz CT molecular complexity index is 1190. The summed E-state index contributed by atoms with van der Waals surface area (Å²) < 4.78 is 32.5. The molecule has 4 N–H and O–H groups in total. The number of likely N-dealkylation sites (tertiary alicyclic amines) is 1. The standard InChI is InChI=1S/C23H22F2N6O3/c24-15-8-16(25)10-19(9-15)34-18-5-3-14(4-6-18)21-22-20(11-27-13-30(22)26)31(28-21)17-2-1-7-29(12-17)23(32)33/h3-6,8-11,13,17,28H,1-2,7,12,26H2,(H,32,33)/t17-/m1/s1. The third kappa shape index (κ3) is 4.13. The van der Waals surface area contributed by atoms with Crippen molar-refractivity contribution in [2.24, 2.45) is 10.8 Å². The van der Waals surface area contributed by atoms with Crippen molar-refractivity contribution < 1.29 is 23.4 Å². The molecule has 9 nitrogen and oxygen atoms in total. The number of amides is 1. The van der Waals surface area contributed by atoms with Crippen LogP contribution in [0.15, 0.2) is 65.1 Å².